The monoisotopic (exact) mass is 414 g/mol. The van der Waals surface area contributed by atoms with E-state index in [0.717, 1.165) is 23.4 Å². The van der Waals surface area contributed by atoms with Gasteiger partial charge in [0.05, 0.1) is 5.01 Å². The second-order valence-corrected chi connectivity index (χ2v) is 7.39. The lowest BCUT2D eigenvalue weighted by Crippen LogP contribution is -2.38. The van der Waals surface area contributed by atoms with Crippen LogP contribution in [-0.4, -0.2) is 37.3 Å². The number of aryl methyl sites for hydroxylation is 2. The summed E-state index contributed by atoms with van der Waals surface area (Å²) in [5.74, 6) is 0.782. The predicted molar refractivity (Wildman–Crippen MR) is 106 cm³/mol. The summed E-state index contributed by atoms with van der Waals surface area (Å²) in [5, 5.41) is 7.35. The summed E-state index contributed by atoms with van der Waals surface area (Å²) < 4.78 is 42.4. The number of aliphatic imine (C=N–C) groups is 1. The van der Waals surface area contributed by atoms with Crippen LogP contribution < -0.4 is 15.4 Å². The van der Waals surface area contributed by atoms with Gasteiger partial charge in [-0.1, -0.05) is 19.1 Å². The molecule has 0 fully saturated rings. The largest absolute Gasteiger partial charge is 0.484 e. The molecule has 9 heteroatoms. The van der Waals surface area contributed by atoms with E-state index < -0.39 is 12.8 Å². The first-order valence-electron chi connectivity index (χ1n) is 8.98. The van der Waals surface area contributed by atoms with Crippen LogP contribution in [-0.2, 0) is 19.4 Å². The van der Waals surface area contributed by atoms with E-state index in [2.05, 4.69) is 27.5 Å². The molecule has 0 unspecified atom stereocenters. The quantitative estimate of drug-likeness (QED) is 0.509. The van der Waals surface area contributed by atoms with Crippen molar-refractivity contribution in [1.29, 1.82) is 0 Å². The molecule has 0 aliphatic carbocycles. The molecule has 0 bridgehead atoms. The van der Waals surface area contributed by atoms with E-state index >= 15 is 0 Å². The highest BCUT2D eigenvalue weighted by Gasteiger charge is 2.28. The first-order chi connectivity index (χ1) is 13.3. The Morgan fingerprint density at radius 3 is 2.71 bits per heavy atom. The molecule has 5 nitrogen and oxygen atoms in total. The topological polar surface area (TPSA) is 58.5 Å². The van der Waals surface area contributed by atoms with Crippen molar-refractivity contribution < 1.29 is 17.9 Å². The summed E-state index contributed by atoms with van der Waals surface area (Å²) in [7, 11) is 1.64. The number of halogens is 3. The number of alkyl halides is 3. The van der Waals surface area contributed by atoms with Crippen molar-refractivity contribution in [3.8, 4) is 5.75 Å². The van der Waals surface area contributed by atoms with Crippen molar-refractivity contribution in [2.24, 2.45) is 4.99 Å². The van der Waals surface area contributed by atoms with Crippen LogP contribution in [0.4, 0.5) is 13.2 Å². The minimum atomic E-state index is -4.38. The molecule has 154 valence electrons. The third kappa shape index (κ3) is 7.38. The van der Waals surface area contributed by atoms with Crippen molar-refractivity contribution in [2.45, 2.75) is 39.4 Å². The number of thiazole rings is 1. The lowest BCUT2D eigenvalue weighted by molar-refractivity contribution is -0.153. The highest BCUT2D eigenvalue weighted by Crippen LogP contribution is 2.23. The Labute approximate surface area is 167 Å². The predicted octanol–water partition coefficient (Wildman–Crippen LogP) is 3.86. The van der Waals surface area contributed by atoms with Gasteiger partial charge in [0, 0.05) is 43.2 Å². The zero-order valence-corrected chi connectivity index (χ0v) is 17.0. The molecule has 0 saturated heterocycles. The van der Waals surface area contributed by atoms with Gasteiger partial charge in [-0.3, -0.25) is 4.99 Å². The first kappa shape index (κ1) is 22.0. The van der Waals surface area contributed by atoms with Crippen LogP contribution in [0.3, 0.4) is 0 Å². The van der Waals surface area contributed by atoms with Crippen LogP contribution in [0.25, 0.3) is 0 Å². The zero-order chi connectivity index (χ0) is 20.6. The van der Waals surface area contributed by atoms with E-state index in [-0.39, 0.29) is 5.75 Å². The van der Waals surface area contributed by atoms with Crippen LogP contribution >= 0.6 is 11.3 Å². The molecular formula is C19H25F3N4OS. The number of guanidine groups is 1. The van der Waals surface area contributed by atoms with Gasteiger partial charge in [-0.05, 0) is 25.0 Å². The maximum absolute atomic E-state index is 12.5. The van der Waals surface area contributed by atoms with Crippen LogP contribution in [0.1, 0.15) is 27.9 Å². The van der Waals surface area contributed by atoms with Crippen LogP contribution in [0.15, 0.2) is 29.4 Å². The first-order valence-corrected chi connectivity index (χ1v) is 9.79. The molecule has 28 heavy (non-hydrogen) atoms. The number of nitrogens with one attached hydrogen (secondary N) is 2. The number of aromatic nitrogens is 1. The van der Waals surface area contributed by atoms with Crippen LogP contribution in [0.5, 0.6) is 5.75 Å². The molecule has 2 N–H and O–H groups in total. The van der Waals surface area contributed by atoms with Gasteiger partial charge in [-0.15, -0.1) is 11.3 Å². The van der Waals surface area contributed by atoms with E-state index in [9.17, 15) is 13.2 Å². The third-order valence-electron chi connectivity index (χ3n) is 3.87. The van der Waals surface area contributed by atoms with E-state index in [1.807, 2.05) is 12.3 Å². The highest BCUT2D eigenvalue weighted by molar-refractivity contribution is 7.11. The van der Waals surface area contributed by atoms with Crippen molar-refractivity contribution in [3.63, 3.8) is 0 Å². The molecule has 2 aromatic rings. The SMILES string of the molecule is CCc1cnc(CCNC(=NC)NCc2ccc(C)cc2OCC(F)(F)F)s1. The van der Waals surface area contributed by atoms with Gasteiger partial charge in [0.1, 0.15) is 5.75 Å². The summed E-state index contributed by atoms with van der Waals surface area (Å²) in [6, 6.07) is 5.19. The molecule has 0 atom stereocenters. The molecule has 0 aliphatic heterocycles. The summed E-state index contributed by atoms with van der Waals surface area (Å²) in [5.41, 5.74) is 1.46. The average Bonchev–Trinajstić information content (AvgIpc) is 3.11. The van der Waals surface area contributed by atoms with Gasteiger partial charge in [0.2, 0.25) is 0 Å². The summed E-state index contributed by atoms with van der Waals surface area (Å²) in [6.07, 6.45) is -0.730. The summed E-state index contributed by atoms with van der Waals surface area (Å²) in [4.78, 5) is 9.77. The van der Waals surface area contributed by atoms with Gasteiger partial charge >= 0.3 is 6.18 Å². The second-order valence-electron chi connectivity index (χ2n) is 6.19. The van der Waals surface area contributed by atoms with Crippen molar-refractivity contribution in [2.75, 3.05) is 20.2 Å². The Kier molecular flexibility index (Phi) is 8.10. The molecule has 0 spiro atoms. The normalized spacial score (nSPS) is 12.1. The molecular weight excluding hydrogens is 389 g/mol. The molecule has 0 aliphatic rings. The second kappa shape index (κ2) is 10.3. The molecule has 0 saturated carbocycles. The number of hydrogen-bond donors (Lipinski definition) is 2. The van der Waals surface area contributed by atoms with Crippen molar-refractivity contribution in [1.82, 2.24) is 15.6 Å². The average molecular weight is 414 g/mol. The van der Waals surface area contributed by atoms with Gasteiger partial charge in [-0.25, -0.2) is 4.98 Å². The van der Waals surface area contributed by atoms with E-state index in [4.69, 9.17) is 4.74 Å². The fourth-order valence-electron chi connectivity index (χ4n) is 2.42. The maximum Gasteiger partial charge on any atom is 0.422 e. The number of rotatable bonds is 8. The number of ether oxygens (including phenoxy) is 1. The Balaban J connectivity index is 1.88. The Morgan fingerprint density at radius 1 is 1.29 bits per heavy atom. The zero-order valence-electron chi connectivity index (χ0n) is 16.2. The molecule has 0 radical (unpaired) electrons. The van der Waals surface area contributed by atoms with Crippen molar-refractivity contribution in [3.05, 3.63) is 45.4 Å². The number of hydrogen-bond acceptors (Lipinski definition) is 4. The summed E-state index contributed by atoms with van der Waals surface area (Å²) in [6.45, 7) is 3.54. The fourth-order valence-corrected chi connectivity index (χ4v) is 3.28. The molecule has 0 amide bonds. The van der Waals surface area contributed by atoms with E-state index in [1.54, 1.807) is 37.4 Å². The molecule has 1 aromatic heterocycles. The van der Waals surface area contributed by atoms with Crippen molar-refractivity contribution >= 4 is 17.3 Å². The number of benzene rings is 1. The smallest absolute Gasteiger partial charge is 0.422 e. The number of nitrogens with zero attached hydrogens (tertiary/aromatic N) is 2. The lowest BCUT2D eigenvalue weighted by Gasteiger charge is -2.16. The third-order valence-corrected chi connectivity index (χ3v) is 5.07. The van der Waals surface area contributed by atoms with Gasteiger partial charge in [0.15, 0.2) is 12.6 Å². The highest BCUT2D eigenvalue weighted by atomic mass is 32.1. The summed E-state index contributed by atoms with van der Waals surface area (Å²) >= 11 is 1.69. The van der Waals surface area contributed by atoms with Crippen LogP contribution in [0, 0.1) is 6.92 Å². The standard InChI is InChI=1S/C19H25F3N4OS/c1-4-15-11-25-17(28-15)7-8-24-18(23-3)26-10-14-6-5-13(2)9-16(14)27-12-19(20,21)22/h5-6,9,11H,4,7-8,10,12H2,1-3H3,(H2,23,24,26). The van der Waals surface area contributed by atoms with Gasteiger partial charge < -0.3 is 15.4 Å². The minimum Gasteiger partial charge on any atom is -0.484 e. The van der Waals surface area contributed by atoms with Gasteiger partial charge in [0.25, 0.3) is 0 Å². The Bertz CT molecular complexity index is 790. The van der Waals surface area contributed by atoms with E-state index in [0.29, 0.717) is 24.6 Å². The lowest BCUT2D eigenvalue weighted by atomic mass is 10.1. The molecule has 2 rings (SSSR count). The maximum atomic E-state index is 12.5. The molecule has 1 aromatic carbocycles. The fraction of sp³-hybridized carbons (Fsp3) is 0.474. The Morgan fingerprint density at radius 2 is 2.07 bits per heavy atom. The van der Waals surface area contributed by atoms with E-state index in [1.165, 1.54) is 4.88 Å². The minimum absolute atomic E-state index is 0.218. The molecule has 1 heterocycles. The Hall–Kier alpha value is -2.29. The van der Waals surface area contributed by atoms with Gasteiger partial charge in [-0.2, -0.15) is 13.2 Å². The van der Waals surface area contributed by atoms with Crippen LogP contribution in [0.2, 0.25) is 0 Å².